The van der Waals surface area contributed by atoms with Crippen molar-refractivity contribution < 1.29 is 0 Å². The van der Waals surface area contributed by atoms with E-state index in [4.69, 9.17) is 0 Å². The summed E-state index contributed by atoms with van der Waals surface area (Å²) in [4.78, 5) is 6.91. The molecular formula is C14H19N3. The fourth-order valence-electron chi connectivity index (χ4n) is 2.70. The second-order valence-corrected chi connectivity index (χ2v) is 5.18. The van der Waals surface area contributed by atoms with Crippen molar-refractivity contribution in [3.05, 3.63) is 30.1 Å². The zero-order valence-electron chi connectivity index (χ0n) is 10.6. The van der Waals surface area contributed by atoms with Crippen LogP contribution in [-0.4, -0.2) is 34.6 Å². The van der Waals surface area contributed by atoms with Gasteiger partial charge in [-0.2, -0.15) is 0 Å². The molecule has 1 aromatic carbocycles. The minimum Gasteiger partial charge on any atom is -0.327 e. The second-order valence-electron chi connectivity index (χ2n) is 5.18. The molecule has 0 bridgehead atoms. The first-order valence-electron chi connectivity index (χ1n) is 6.36. The lowest BCUT2D eigenvalue weighted by atomic mass is 10.1. The number of likely N-dealkylation sites (tertiary alicyclic amines) is 1. The first kappa shape index (κ1) is 10.8. The molecular weight excluding hydrogens is 210 g/mol. The summed E-state index contributed by atoms with van der Waals surface area (Å²) in [5.74, 6) is 0. The van der Waals surface area contributed by atoms with E-state index in [0.717, 1.165) is 5.52 Å². The van der Waals surface area contributed by atoms with Crippen LogP contribution in [0.3, 0.4) is 0 Å². The van der Waals surface area contributed by atoms with Gasteiger partial charge in [-0.25, -0.2) is 4.98 Å². The van der Waals surface area contributed by atoms with Crippen LogP contribution in [0.25, 0.3) is 11.0 Å². The highest BCUT2D eigenvalue weighted by molar-refractivity contribution is 5.76. The topological polar surface area (TPSA) is 21.1 Å². The Morgan fingerprint density at radius 1 is 1.24 bits per heavy atom. The van der Waals surface area contributed by atoms with Crippen molar-refractivity contribution in [1.82, 2.24) is 14.5 Å². The van der Waals surface area contributed by atoms with Crippen molar-refractivity contribution in [3.63, 3.8) is 0 Å². The van der Waals surface area contributed by atoms with Crippen molar-refractivity contribution in [2.24, 2.45) is 0 Å². The lowest BCUT2D eigenvalue weighted by Gasteiger charge is -2.30. The van der Waals surface area contributed by atoms with Crippen LogP contribution in [-0.2, 0) is 0 Å². The molecule has 2 heterocycles. The number of aryl methyl sites for hydroxylation is 1. The molecule has 0 unspecified atom stereocenters. The quantitative estimate of drug-likeness (QED) is 0.749. The first-order chi connectivity index (χ1) is 8.24. The SMILES string of the molecule is Cc1ccc2ncn(C3CCN(C)CC3)c2c1. The van der Waals surface area contributed by atoms with Gasteiger partial charge in [0.15, 0.2) is 0 Å². The molecule has 0 radical (unpaired) electrons. The fraction of sp³-hybridized carbons (Fsp3) is 0.500. The van der Waals surface area contributed by atoms with Gasteiger partial charge in [0, 0.05) is 6.04 Å². The summed E-state index contributed by atoms with van der Waals surface area (Å²) in [6.07, 6.45) is 4.48. The highest BCUT2D eigenvalue weighted by Crippen LogP contribution is 2.26. The van der Waals surface area contributed by atoms with E-state index in [1.807, 2.05) is 6.33 Å². The number of aromatic nitrogens is 2. The van der Waals surface area contributed by atoms with Gasteiger partial charge in [0.2, 0.25) is 0 Å². The Morgan fingerprint density at radius 3 is 2.76 bits per heavy atom. The zero-order chi connectivity index (χ0) is 11.8. The average molecular weight is 229 g/mol. The Balaban J connectivity index is 1.97. The molecule has 3 heteroatoms. The Labute approximate surface area is 102 Å². The summed E-state index contributed by atoms with van der Waals surface area (Å²) in [7, 11) is 2.20. The number of hydrogen-bond acceptors (Lipinski definition) is 2. The van der Waals surface area contributed by atoms with Gasteiger partial charge in [-0.1, -0.05) is 6.07 Å². The van der Waals surface area contributed by atoms with E-state index in [1.165, 1.54) is 37.0 Å². The summed E-state index contributed by atoms with van der Waals surface area (Å²) in [5, 5.41) is 0. The lowest BCUT2D eigenvalue weighted by molar-refractivity contribution is 0.223. The van der Waals surface area contributed by atoms with Gasteiger partial charge in [-0.05, 0) is 57.6 Å². The molecule has 90 valence electrons. The number of hydrogen-bond donors (Lipinski definition) is 0. The van der Waals surface area contributed by atoms with Crippen LogP contribution in [0.4, 0.5) is 0 Å². The molecule has 3 nitrogen and oxygen atoms in total. The maximum atomic E-state index is 4.50. The van der Waals surface area contributed by atoms with Crippen LogP contribution in [0.1, 0.15) is 24.4 Å². The van der Waals surface area contributed by atoms with Crippen molar-refractivity contribution in [3.8, 4) is 0 Å². The molecule has 1 fully saturated rings. The molecule has 0 spiro atoms. The minimum absolute atomic E-state index is 0.623. The van der Waals surface area contributed by atoms with E-state index in [9.17, 15) is 0 Å². The van der Waals surface area contributed by atoms with Crippen LogP contribution in [0.5, 0.6) is 0 Å². The van der Waals surface area contributed by atoms with E-state index < -0.39 is 0 Å². The Bertz CT molecular complexity index is 521. The van der Waals surface area contributed by atoms with E-state index in [2.05, 4.69) is 46.6 Å². The van der Waals surface area contributed by atoms with Crippen LogP contribution in [0.2, 0.25) is 0 Å². The van der Waals surface area contributed by atoms with Gasteiger partial charge in [-0.3, -0.25) is 0 Å². The summed E-state index contributed by atoms with van der Waals surface area (Å²) < 4.78 is 2.37. The lowest BCUT2D eigenvalue weighted by Crippen LogP contribution is -2.31. The third kappa shape index (κ3) is 1.95. The largest absolute Gasteiger partial charge is 0.327 e. The fourth-order valence-corrected chi connectivity index (χ4v) is 2.70. The van der Waals surface area contributed by atoms with Crippen LogP contribution in [0.15, 0.2) is 24.5 Å². The molecule has 1 aliphatic heterocycles. The van der Waals surface area contributed by atoms with E-state index in [0.29, 0.717) is 6.04 Å². The number of piperidine rings is 1. The molecule has 1 aromatic heterocycles. The number of fused-ring (bicyclic) bond motifs is 1. The van der Waals surface area contributed by atoms with Crippen molar-refractivity contribution in [1.29, 1.82) is 0 Å². The van der Waals surface area contributed by atoms with E-state index in [1.54, 1.807) is 0 Å². The maximum Gasteiger partial charge on any atom is 0.0960 e. The predicted molar refractivity (Wildman–Crippen MR) is 70.2 cm³/mol. The molecule has 2 aromatic rings. The number of imidazole rings is 1. The van der Waals surface area contributed by atoms with Crippen LogP contribution >= 0.6 is 0 Å². The summed E-state index contributed by atoms with van der Waals surface area (Å²) in [5.41, 5.74) is 3.72. The molecule has 1 aliphatic rings. The Kier molecular flexibility index (Phi) is 2.63. The molecule has 3 rings (SSSR count). The normalized spacial score (nSPS) is 18.9. The third-order valence-electron chi connectivity index (χ3n) is 3.81. The predicted octanol–water partition coefficient (Wildman–Crippen LogP) is 2.61. The van der Waals surface area contributed by atoms with Gasteiger partial charge >= 0.3 is 0 Å². The number of benzene rings is 1. The average Bonchev–Trinajstić information content (AvgIpc) is 2.73. The monoisotopic (exact) mass is 229 g/mol. The second kappa shape index (κ2) is 4.15. The zero-order valence-corrected chi connectivity index (χ0v) is 10.6. The van der Waals surface area contributed by atoms with Crippen molar-refractivity contribution >= 4 is 11.0 Å². The highest BCUT2D eigenvalue weighted by atomic mass is 15.1. The number of nitrogens with zero attached hydrogens (tertiary/aromatic N) is 3. The van der Waals surface area contributed by atoms with Crippen molar-refractivity contribution in [2.45, 2.75) is 25.8 Å². The minimum atomic E-state index is 0.623. The Morgan fingerprint density at radius 2 is 2.00 bits per heavy atom. The molecule has 0 aliphatic carbocycles. The molecule has 0 atom stereocenters. The van der Waals surface area contributed by atoms with Crippen molar-refractivity contribution in [2.75, 3.05) is 20.1 Å². The molecule has 0 amide bonds. The van der Waals surface area contributed by atoms with Gasteiger partial charge < -0.3 is 9.47 Å². The third-order valence-corrected chi connectivity index (χ3v) is 3.81. The van der Waals surface area contributed by atoms with Gasteiger partial charge in [0.25, 0.3) is 0 Å². The summed E-state index contributed by atoms with van der Waals surface area (Å²) >= 11 is 0. The van der Waals surface area contributed by atoms with Gasteiger partial charge in [0.1, 0.15) is 0 Å². The van der Waals surface area contributed by atoms with Crippen LogP contribution < -0.4 is 0 Å². The summed E-state index contributed by atoms with van der Waals surface area (Å²) in [6.45, 7) is 4.53. The Hall–Kier alpha value is -1.35. The van der Waals surface area contributed by atoms with E-state index >= 15 is 0 Å². The van der Waals surface area contributed by atoms with Gasteiger partial charge in [0.05, 0.1) is 17.4 Å². The first-order valence-corrected chi connectivity index (χ1v) is 6.36. The molecule has 1 saturated heterocycles. The van der Waals surface area contributed by atoms with E-state index in [-0.39, 0.29) is 0 Å². The molecule has 0 saturated carbocycles. The smallest absolute Gasteiger partial charge is 0.0960 e. The molecule has 0 N–H and O–H groups in total. The highest BCUT2D eigenvalue weighted by Gasteiger charge is 2.19. The summed E-state index contributed by atoms with van der Waals surface area (Å²) in [6, 6.07) is 7.13. The van der Waals surface area contributed by atoms with Gasteiger partial charge in [-0.15, -0.1) is 0 Å². The van der Waals surface area contributed by atoms with Crippen LogP contribution in [0, 0.1) is 6.92 Å². The maximum absolute atomic E-state index is 4.50. The molecule has 17 heavy (non-hydrogen) atoms. The standard InChI is InChI=1S/C14H19N3/c1-11-3-4-13-14(9-11)17(10-15-13)12-5-7-16(2)8-6-12/h3-4,9-10,12H,5-8H2,1-2H3. The number of rotatable bonds is 1.